The molecule has 106 valence electrons. The van der Waals surface area contributed by atoms with Crippen molar-refractivity contribution in [2.24, 2.45) is 11.8 Å². The summed E-state index contributed by atoms with van der Waals surface area (Å²) in [5, 5.41) is 8.91. The number of aliphatic carboxylic acids is 1. The molecule has 4 nitrogen and oxygen atoms in total. The molecule has 1 saturated heterocycles. The molecule has 1 aliphatic carbocycles. The van der Waals surface area contributed by atoms with E-state index in [0.717, 1.165) is 18.4 Å². The van der Waals surface area contributed by atoms with Crippen LogP contribution in [0, 0.1) is 17.7 Å². The maximum atomic E-state index is 13.3. The van der Waals surface area contributed by atoms with E-state index < -0.39 is 11.9 Å². The van der Waals surface area contributed by atoms with Crippen LogP contribution in [-0.2, 0) is 9.59 Å². The highest BCUT2D eigenvalue weighted by Crippen LogP contribution is 2.43. The number of rotatable bonds is 3. The average Bonchev–Trinajstić information content (AvgIpc) is 3.07. The Bertz CT molecular complexity index is 560. The zero-order valence-electron chi connectivity index (χ0n) is 11.0. The Labute approximate surface area is 116 Å². The SMILES string of the molecule is O=C(O)[C@@H]1C[C@H]1C(=O)N1CCC[C@H]1c1cccc(F)c1. The van der Waals surface area contributed by atoms with Crippen LogP contribution in [0.4, 0.5) is 4.39 Å². The molecule has 0 unspecified atom stereocenters. The largest absolute Gasteiger partial charge is 0.481 e. The molecule has 0 bridgehead atoms. The van der Waals surface area contributed by atoms with E-state index >= 15 is 0 Å². The van der Waals surface area contributed by atoms with E-state index in [1.54, 1.807) is 11.0 Å². The number of likely N-dealkylation sites (tertiary alicyclic amines) is 1. The number of benzene rings is 1. The summed E-state index contributed by atoms with van der Waals surface area (Å²) in [6.45, 7) is 0.628. The Kier molecular flexibility index (Phi) is 3.20. The van der Waals surface area contributed by atoms with Gasteiger partial charge in [0.1, 0.15) is 5.82 Å². The van der Waals surface area contributed by atoms with Gasteiger partial charge in [0.15, 0.2) is 0 Å². The summed E-state index contributed by atoms with van der Waals surface area (Å²) in [6.07, 6.45) is 2.11. The van der Waals surface area contributed by atoms with Gasteiger partial charge in [-0.25, -0.2) is 4.39 Å². The van der Waals surface area contributed by atoms with E-state index in [-0.39, 0.29) is 23.7 Å². The van der Waals surface area contributed by atoms with Crippen molar-refractivity contribution in [2.45, 2.75) is 25.3 Å². The number of hydrogen-bond donors (Lipinski definition) is 1. The van der Waals surface area contributed by atoms with Crippen molar-refractivity contribution in [2.75, 3.05) is 6.54 Å². The van der Waals surface area contributed by atoms with Gasteiger partial charge in [0.25, 0.3) is 0 Å². The number of halogens is 1. The summed E-state index contributed by atoms with van der Waals surface area (Å²) >= 11 is 0. The Morgan fingerprint density at radius 1 is 1.30 bits per heavy atom. The second kappa shape index (κ2) is 4.89. The smallest absolute Gasteiger partial charge is 0.307 e. The quantitative estimate of drug-likeness (QED) is 0.921. The summed E-state index contributed by atoms with van der Waals surface area (Å²) < 4.78 is 13.3. The normalized spacial score (nSPS) is 28.4. The van der Waals surface area contributed by atoms with Crippen molar-refractivity contribution in [3.8, 4) is 0 Å². The molecule has 1 saturated carbocycles. The van der Waals surface area contributed by atoms with Gasteiger partial charge >= 0.3 is 5.97 Å². The number of carbonyl (C=O) groups is 2. The number of carbonyl (C=O) groups excluding carboxylic acids is 1. The number of hydrogen-bond acceptors (Lipinski definition) is 2. The fourth-order valence-corrected chi connectivity index (χ4v) is 3.04. The number of carboxylic acid groups (broad SMARTS) is 1. The monoisotopic (exact) mass is 277 g/mol. The molecular formula is C15H16FNO3. The van der Waals surface area contributed by atoms with Crippen LogP contribution in [0.1, 0.15) is 30.9 Å². The lowest BCUT2D eigenvalue weighted by Crippen LogP contribution is -2.32. The highest BCUT2D eigenvalue weighted by atomic mass is 19.1. The van der Waals surface area contributed by atoms with Crippen LogP contribution in [0.3, 0.4) is 0 Å². The van der Waals surface area contributed by atoms with Gasteiger partial charge in [-0.2, -0.15) is 0 Å². The Morgan fingerprint density at radius 2 is 2.10 bits per heavy atom. The third-order valence-corrected chi connectivity index (χ3v) is 4.19. The lowest BCUT2D eigenvalue weighted by Gasteiger charge is -2.25. The highest BCUT2D eigenvalue weighted by molar-refractivity contribution is 5.89. The van der Waals surface area contributed by atoms with E-state index in [0.29, 0.717) is 13.0 Å². The first kappa shape index (κ1) is 13.1. The lowest BCUT2D eigenvalue weighted by atomic mass is 10.0. The minimum absolute atomic E-state index is 0.0934. The Morgan fingerprint density at radius 3 is 2.75 bits per heavy atom. The summed E-state index contributed by atoms with van der Waals surface area (Å²) in [7, 11) is 0. The predicted molar refractivity (Wildman–Crippen MR) is 69.3 cm³/mol. The molecule has 2 fully saturated rings. The van der Waals surface area contributed by atoms with Gasteiger partial charge in [-0.1, -0.05) is 12.1 Å². The summed E-state index contributed by atoms with van der Waals surface area (Å²) in [5.74, 6) is -2.22. The minimum Gasteiger partial charge on any atom is -0.481 e. The van der Waals surface area contributed by atoms with Gasteiger partial charge in [-0.3, -0.25) is 9.59 Å². The van der Waals surface area contributed by atoms with Crippen LogP contribution >= 0.6 is 0 Å². The van der Waals surface area contributed by atoms with E-state index in [1.807, 2.05) is 6.07 Å². The first-order chi connectivity index (χ1) is 9.58. The molecule has 0 radical (unpaired) electrons. The standard InChI is InChI=1S/C15H16FNO3/c16-10-4-1-3-9(7-10)13-5-2-6-17(13)14(18)11-8-12(11)15(19)20/h1,3-4,7,11-13H,2,5-6,8H2,(H,19,20)/t11-,12-,13+/m1/s1. The van der Waals surface area contributed by atoms with Crippen molar-refractivity contribution in [1.29, 1.82) is 0 Å². The van der Waals surface area contributed by atoms with E-state index in [2.05, 4.69) is 0 Å². The van der Waals surface area contributed by atoms with Crippen molar-refractivity contribution in [3.63, 3.8) is 0 Å². The van der Waals surface area contributed by atoms with Crippen LogP contribution in [-0.4, -0.2) is 28.4 Å². The fraction of sp³-hybridized carbons (Fsp3) is 0.467. The number of carboxylic acids is 1. The highest BCUT2D eigenvalue weighted by Gasteiger charge is 2.51. The molecule has 5 heteroatoms. The molecule has 1 aromatic carbocycles. The molecule has 3 atom stereocenters. The van der Waals surface area contributed by atoms with Crippen LogP contribution < -0.4 is 0 Å². The summed E-state index contributed by atoms with van der Waals surface area (Å²) in [5.41, 5.74) is 0.795. The molecule has 0 aromatic heterocycles. The van der Waals surface area contributed by atoms with E-state index in [1.165, 1.54) is 12.1 Å². The molecule has 1 aromatic rings. The van der Waals surface area contributed by atoms with Gasteiger partial charge in [0.05, 0.1) is 17.9 Å². The Hall–Kier alpha value is -1.91. The van der Waals surface area contributed by atoms with Gasteiger partial charge in [-0.15, -0.1) is 0 Å². The zero-order chi connectivity index (χ0) is 14.3. The van der Waals surface area contributed by atoms with Crippen LogP contribution in [0.2, 0.25) is 0 Å². The summed E-state index contributed by atoms with van der Waals surface area (Å²) in [4.78, 5) is 25.0. The van der Waals surface area contributed by atoms with Crippen molar-refractivity contribution < 1.29 is 19.1 Å². The van der Waals surface area contributed by atoms with Crippen LogP contribution in [0.5, 0.6) is 0 Å². The molecule has 2 aliphatic rings. The Balaban J connectivity index is 1.76. The molecule has 3 rings (SSSR count). The second-order valence-corrected chi connectivity index (χ2v) is 5.53. The molecule has 1 aliphatic heterocycles. The van der Waals surface area contributed by atoms with Crippen LogP contribution in [0.15, 0.2) is 24.3 Å². The molecule has 0 spiro atoms. The lowest BCUT2D eigenvalue weighted by molar-refractivity contribution is -0.142. The van der Waals surface area contributed by atoms with Crippen molar-refractivity contribution in [1.82, 2.24) is 4.90 Å². The first-order valence-corrected chi connectivity index (χ1v) is 6.86. The maximum absolute atomic E-state index is 13.3. The first-order valence-electron chi connectivity index (χ1n) is 6.86. The number of nitrogens with zero attached hydrogens (tertiary/aromatic N) is 1. The molecule has 1 N–H and O–H groups in total. The molecule has 20 heavy (non-hydrogen) atoms. The van der Waals surface area contributed by atoms with Gasteiger partial charge < -0.3 is 10.0 Å². The third kappa shape index (κ3) is 2.28. The fourth-order valence-electron chi connectivity index (χ4n) is 3.04. The molecule has 1 heterocycles. The van der Waals surface area contributed by atoms with Crippen molar-refractivity contribution >= 4 is 11.9 Å². The number of amides is 1. The third-order valence-electron chi connectivity index (χ3n) is 4.19. The van der Waals surface area contributed by atoms with Crippen molar-refractivity contribution in [3.05, 3.63) is 35.6 Å². The van der Waals surface area contributed by atoms with Gasteiger partial charge in [0.2, 0.25) is 5.91 Å². The molecular weight excluding hydrogens is 261 g/mol. The molecule has 1 amide bonds. The summed E-state index contributed by atoms with van der Waals surface area (Å²) in [6, 6.07) is 6.18. The van der Waals surface area contributed by atoms with E-state index in [4.69, 9.17) is 5.11 Å². The second-order valence-electron chi connectivity index (χ2n) is 5.53. The maximum Gasteiger partial charge on any atom is 0.307 e. The zero-order valence-corrected chi connectivity index (χ0v) is 11.0. The van der Waals surface area contributed by atoms with Gasteiger partial charge in [0, 0.05) is 6.54 Å². The average molecular weight is 277 g/mol. The minimum atomic E-state index is -0.898. The topological polar surface area (TPSA) is 57.6 Å². The van der Waals surface area contributed by atoms with Gasteiger partial charge in [-0.05, 0) is 37.0 Å². The predicted octanol–water partition coefficient (Wildman–Crippen LogP) is 2.21. The van der Waals surface area contributed by atoms with Crippen LogP contribution in [0.25, 0.3) is 0 Å². The van der Waals surface area contributed by atoms with E-state index in [9.17, 15) is 14.0 Å².